The van der Waals surface area contributed by atoms with E-state index >= 15 is 0 Å². The molecule has 1 amide bonds. The quantitative estimate of drug-likeness (QED) is 0.864. The lowest BCUT2D eigenvalue weighted by Crippen LogP contribution is -2.44. The van der Waals surface area contributed by atoms with Crippen molar-refractivity contribution in [1.82, 2.24) is 14.7 Å². The second kappa shape index (κ2) is 7.91. The maximum atomic E-state index is 13.1. The van der Waals surface area contributed by atoms with Crippen molar-refractivity contribution in [1.29, 1.82) is 0 Å². The molecule has 0 saturated carbocycles. The number of rotatable bonds is 5. The van der Waals surface area contributed by atoms with Gasteiger partial charge in [-0.05, 0) is 56.9 Å². The third-order valence-electron chi connectivity index (χ3n) is 4.80. The summed E-state index contributed by atoms with van der Waals surface area (Å²) >= 11 is 5.92. The molecule has 1 aliphatic heterocycles. The van der Waals surface area contributed by atoms with Gasteiger partial charge in [0.05, 0.1) is 16.9 Å². The number of aryl methyl sites for hydroxylation is 1. The fourth-order valence-electron chi connectivity index (χ4n) is 3.41. The van der Waals surface area contributed by atoms with Crippen LogP contribution in [-0.2, 0) is 4.79 Å². The van der Waals surface area contributed by atoms with E-state index < -0.39 is 5.97 Å². The second-order valence-electron chi connectivity index (χ2n) is 6.63. The first kappa shape index (κ1) is 18.5. The molecule has 1 fully saturated rings. The van der Waals surface area contributed by atoms with Crippen LogP contribution in [0, 0.1) is 6.92 Å². The molecule has 0 bridgehead atoms. The van der Waals surface area contributed by atoms with Crippen molar-refractivity contribution < 1.29 is 14.7 Å². The topological polar surface area (TPSA) is 75.4 Å². The molecule has 1 aromatic heterocycles. The molecule has 7 heteroatoms. The van der Waals surface area contributed by atoms with Crippen LogP contribution in [-0.4, -0.2) is 44.3 Å². The van der Waals surface area contributed by atoms with Crippen LogP contribution in [0.25, 0.3) is 5.69 Å². The van der Waals surface area contributed by atoms with E-state index in [2.05, 4.69) is 5.10 Å². The molecule has 0 aliphatic carbocycles. The van der Waals surface area contributed by atoms with Crippen LogP contribution in [0.15, 0.2) is 30.5 Å². The Morgan fingerprint density at radius 3 is 2.69 bits per heavy atom. The Labute approximate surface area is 157 Å². The maximum absolute atomic E-state index is 13.1. The van der Waals surface area contributed by atoms with Crippen molar-refractivity contribution in [3.8, 4) is 5.69 Å². The normalized spacial score (nSPS) is 17.3. The van der Waals surface area contributed by atoms with Gasteiger partial charge in [-0.2, -0.15) is 5.10 Å². The van der Waals surface area contributed by atoms with E-state index in [1.807, 2.05) is 24.0 Å². The number of benzene rings is 1. The fourth-order valence-corrected chi connectivity index (χ4v) is 3.53. The van der Waals surface area contributed by atoms with Crippen LogP contribution in [0.1, 0.15) is 48.2 Å². The van der Waals surface area contributed by atoms with Gasteiger partial charge in [0.1, 0.15) is 0 Å². The van der Waals surface area contributed by atoms with Gasteiger partial charge in [0.15, 0.2) is 0 Å². The van der Waals surface area contributed by atoms with Crippen molar-refractivity contribution in [2.75, 3.05) is 6.54 Å². The van der Waals surface area contributed by atoms with Gasteiger partial charge < -0.3 is 10.0 Å². The molecule has 0 spiro atoms. The summed E-state index contributed by atoms with van der Waals surface area (Å²) in [5.74, 6) is -0.896. The lowest BCUT2D eigenvalue weighted by molar-refractivity contribution is -0.137. The minimum Gasteiger partial charge on any atom is -0.481 e. The Morgan fingerprint density at radius 2 is 2.00 bits per heavy atom. The fraction of sp³-hybridized carbons (Fsp3) is 0.421. The summed E-state index contributed by atoms with van der Waals surface area (Å²) < 4.78 is 1.68. The van der Waals surface area contributed by atoms with Gasteiger partial charge in [0.25, 0.3) is 5.91 Å². The van der Waals surface area contributed by atoms with E-state index in [0.29, 0.717) is 29.2 Å². The molecule has 1 N–H and O–H groups in total. The van der Waals surface area contributed by atoms with Crippen molar-refractivity contribution in [3.63, 3.8) is 0 Å². The molecule has 1 saturated heterocycles. The molecular formula is C19H22ClN3O3. The number of halogens is 1. The zero-order valence-electron chi connectivity index (χ0n) is 14.7. The lowest BCUT2D eigenvalue weighted by atomic mass is 9.97. The number of hydrogen-bond acceptors (Lipinski definition) is 3. The predicted molar refractivity (Wildman–Crippen MR) is 98.9 cm³/mol. The number of aliphatic carboxylic acids is 1. The number of piperidine rings is 1. The molecule has 3 rings (SSSR count). The van der Waals surface area contributed by atoms with Gasteiger partial charge in [-0.15, -0.1) is 0 Å². The van der Waals surface area contributed by atoms with Crippen LogP contribution in [0.5, 0.6) is 0 Å². The molecule has 1 atom stereocenters. The van der Waals surface area contributed by atoms with E-state index in [1.54, 1.807) is 23.0 Å². The van der Waals surface area contributed by atoms with Crippen LogP contribution in [0.4, 0.5) is 0 Å². The SMILES string of the molecule is Cc1nn(-c2ccc(Cl)cc2)cc1C(=O)N1CCCCC1CCC(=O)O. The number of likely N-dealkylation sites (tertiary alicyclic amines) is 1. The predicted octanol–water partition coefficient (Wildman–Crippen LogP) is 3.69. The number of aromatic nitrogens is 2. The number of carboxylic acids is 1. The largest absolute Gasteiger partial charge is 0.481 e. The first-order valence-corrected chi connectivity index (χ1v) is 9.18. The summed E-state index contributed by atoms with van der Waals surface area (Å²) in [5.41, 5.74) is 2.05. The Bertz CT molecular complexity index is 801. The van der Waals surface area contributed by atoms with Crippen LogP contribution in [0.3, 0.4) is 0 Å². The zero-order chi connectivity index (χ0) is 18.7. The number of nitrogens with zero attached hydrogens (tertiary/aromatic N) is 3. The highest BCUT2D eigenvalue weighted by molar-refractivity contribution is 6.30. The Kier molecular flexibility index (Phi) is 5.61. The average Bonchev–Trinajstić information content (AvgIpc) is 3.02. The van der Waals surface area contributed by atoms with Gasteiger partial charge in [-0.3, -0.25) is 9.59 Å². The molecule has 6 nitrogen and oxygen atoms in total. The molecule has 0 radical (unpaired) electrons. The van der Waals surface area contributed by atoms with Crippen molar-refractivity contribution in [2.24, 2.45) is 0 Å². The number of hydrogen-bond donors (Lipinski definition) is 1. The summed E-state index contributed by atoms with van der Waals surface area (Å²) in [4.78, 5) is 25.8. The summed E-state index contributed by atoms with van der Waals surface area (Å²) in [6, 6.07) is 7.23. The molecular weight excluding hydrogens is 354 g/mol. The van der Waals surface area contributed by atoms with Gasteiger partial charge in [-0.1, -0.05) is 11.6 Å². The van der Waals surface area contributed by atoms with E-state index in [4.69, 9.17) is 16.7 Å². The molecule has 2 aromatic rings. The van der Waals surface area contributed by atoms with Gasteiger partial charge in [0.2, 0.25) is 0 Å². The average molecular weight is 376 g/mol. The minimum absolute atomic E-state index is 0.0226. The molecule has 2 heterocycles. The summed E-state index contributed by atoms with van der Waals surface area (Å²) in [7, 11) is 0. The molecule has 1 unspecified atom stereocenters. The standard InChI is InChI=1S/C19H22ClN3O3/c1-13-17(12-23(21-13)16-7-5-14(20)6-8-16)19(26)22-11-3-2-4-15(22)9-10-18(24)25/h5-8,12,15H,2-4,9-11H2,1H3,(H,24,25). The highest BCUT2D eigenvalue weighted by Gasteiger charge is 2.29. The maximum Gasteiger partial charge on any atom is 0.303 e. The van der Waals surface area contributed by atoms with Crippen LogP contribution in [0.2, 0.25) is 5.02 Å². The third kappa shape index (κ3) is 4.07. The zero-order valence-corrected chi connectivity index (χ0v) is 15.4. The third-order valence-corrected chi connectivity index (χ3v) is 5.05. The highest BCUT2D eigenvalue weighted by atomic mass is 35.5. The van der Waals surface area contributed by atoms with Gasteiger partial charge in [0, 0.05) is 30.2 Å². The Hall–Kier alpha value is -2.34. The van der Waals surface area contributed by atoms with Crippen LogP contribution < -0.4 is 0 Å². The van der Waals surface area contributed by atoms with E-state index in [9.17, 15) is 9.59 Å². The molecule has 138 valence electrons. The summed E-state index contributed by atoms with van der Waals surface area (Å²) in [6.07, 6.45) is 5.13. The Balaban J connectivity index is 1.82. The van der Waals surface area contributed by atoms with Crippen LogP contribution >= 0.6 is 11.6 Å². The minimum atomic E-state index is -0.824. The number of amides is 1. The first-order valence-electron chi connectivity index (χ1n) is 8.80. The lowest BCUT2D eigenvalue weighted by Gasteiger charge is -2.35. The highest BCUT2D eigenvalue weighted by Crippen LogP contribution is 2.24. The summed E-state index contributed by atoms with van der Waals surface area (Å²) in [5, 5.41) is 14.1. The number of carbonyl (C=O) groups excluding carboxylic acids is 1. The van der Waals surface area contributed by atoms with Gasteiger partial charge >= 0.3 is 5.97 Å². The summed E-state index contributed by atoms with van der Waals surface area (Å²) in [6.45, 7) is 2.48. The number of carbonyl (C=O) groups is 2. The van der Waals surface area contributed by atoms with Gasteiger partial charge in [-0.25, -0.2) is 4.68 Å². The number of carboxylic acid groups (broad SMARTS) is 1. The van der Waals surface area contributed by atoms with E-state index in [0.717, 1.165) is 24.9 Å². The van der Waals surface area contributed by atoms with Crippen molar-refractivity contribution in [2.45, 2.75) is 45.1 Å². The monoisotopic (exact) mass is 375 g/mol. The second-order valence-corrected chi connectivity index (χ2v) is 7.07. The smallest absolute Gasteiger partial charge is 0.303 e. The molecule has 1 aromatic carbocycles. The van der Waals surface area contributed by atoms with E-state index in [-0.39, 0.29) is 18.4 Å². The Morgan fingerprint density at radius 1 is 1.27 bits per heavy atom. The van der Waals surface area contributed by atoms with Crippen molar-refractivity contribution >= 4 is 23.5 Å². The van der Waals surface area contributed by atoms with E-state index in [1.165, 1.54) is 0 Å². The molecule has 1 aliphatic rings. The van der Waals surface area contributed by atoms with Crippen molar-refractivity contribution in [3.05, 3.63) is 46.7 Å². The molecule has 26 heavy (non-hydrogen) atoms. The first-order chi connectivity index (χ1) is 12.5.